The summed E-state index contributed by atoms with van der Waals surface area (Å²) < 4.78 is 22.3. The summed E-state index contributed by atoms with van der Waals surface area (Å²) in [5.74, 6) is 0.115. The number of hydrogen-bond donors (Lipinski definition) is 2. The van der Waals surface area contributed by atoms with Crippen molar-refractivity contribution in [1.82, 2.24) is 0 Å². The van der Waals surface area contributed by atoms with Gasteiger partial charge in [0, 0.05) is 6.04 Å². The van der Waals surface area contributed by atoms with Gasteiger partial charge in [0.1, 0.15) is 5.25 Å². The molecule has 11 heavy (non-hydrogen) atoms. The predicted octanol–water partition coefficient (Wildman–Crippen LogP) is -1.12. The first-order valence-corrected chi connectivity index (χ1v) is 5.32. The molecular weight excluding hydrogens is 166 g/mol. The molecule has 0 aromatic carbocycles. The van der Waals surface area contributed by atoms with Gasteiger partial charge in [0.2, 0.25) is 0 Å². The zero-order chi connectivity index (χ0) is 8.65. The minimum atomic E-state index is -3.11. The average Bonchev–Trinajstić information content (AvgIpc) is 2.06. The summed E-state index contributed by atoms with van der Waals surface area (Å²) in [6, 6.07) is -0.389. The molecule has 0 radical (unpaired) electrons. The van der Waals surface area contributed by atoms with Crippen molar-refractivity contribution >= 4 is 9.84 Å². The highest BCUT2D eigenvalue weighted by molar-refractivity contribution is 7.92. The van der Waals surface area contributed by atoms with Crippen molar-refractivity contribution in [3.05, 3.63) is 0 Å². The Morgan fingerprint density at radius 3 is 2.36 bits per heavy atom. The molecule has 0 saturated carbocycles. The lowest BCUT2D eigenvalue weighted by Gasteiger charge is -2.16. The van der Waals surface area contributed by atoms with Crippen LogP contribution < -0.4 is 5.73 Å². The zero-order valence-corrected chi connectivity index (χ0v) is 7.21. The Balaban J connectivity index is 2.90. The van der Waals surface area contributed by atoms with Crippen LogP contribution in [0, 0.1) is 0 Å². The number of sulfone groups is 1. The SMILES string of the molecule is CC(O)C1C(N)CCS1(=O)=O. The Hall–Kier alpha value is -0.130. The molecule has 1 aliphatic rings. The molecule has 1 aliphatic heterocycles. The van der Waals surface area contributed by atoms with Crippen LogP contribution in [0.2, 0.25) is 0 Å². The summed E-state index contributed by atoms with van der Waals surface area (Å²) in [5.41, 5.74) is 5.52. The Morgan fingerprint density at radius 2 is 2.18 bits per heavy atom. The standard InChI is InChI=1S/C6H13NO3S/c1-4(8)6-5(7)2-3-11(6,9)10/h4-6,8H,2-3,7H2,1H3. The third-order valence-corrected chi connectivity index (χ3v) is 4.43. The summed E-state index contributed by atoms with van der Waals surface area (Å²) in [6.07, 6.45) is -0.379. The Labute approximate surface area is 66.3 Å². The van der Waals surface area contributed by atoms with Crippen LogP contribution in [0.5, 0.6) is 0 Å². The van der Waals surface area contributed by atoms with Crippen LogP contribution in [0.25, 0.3) is 0 Å². The van der Waals surface area contributed by atoms with E-state index in [1.54, 1.807) is 0 Å². The molecule has 0 spiro atoms. The predicted molar refractivity (Wildman–Crippen MR) is 41.8 cm³/mol. The third-order valence-electron chi connectivity index (χ3n) is 2.05. The second kappa shape index (κ2) is 2.73. The molecule has 1 rings (SSSR count). The first kappa shape index (κ1) is 8.96. The molecule has 1 saturated heterocycles. The molecule has 3 unspecified atom stereocenters. The van der Waals surface area contributed by atoms with E-state index in [2.05, 4.69) is 0 Å². The highest BCUT2D eigenvalue weighted by Crippen LogP contribution is 2.21. The van der Waals surface area contributed by atoms with Crippen LogP contribution >= 0.6 is 0 Å². The lowest BCUT2D eigenvalue weighted by atomic mass is 10.1. The summed E-state index contributed by atoms with van der Waals surface area (Å²) in [7, 11) is -3.11. The summed E-state index contributed by atoms with van der Waals surface area (Å²) in [4.78, 5) is 0. The summed E-state index contributed by atoms with van der Waals surface area (Å²) in [6.45, 7) is 1.47. The molecule has 0 bridgehead atoms. The van der Waals surface area contributed by atoms with Crippen molar-refractivity contribution in [2.45, 2.75) is 30.7 Å². The molecule has 5 heteroatoms. The van der Waals surface area contributed by atoms with E-state index >= 15 is 0 Å². The highest BCUT2D eigenvalue weighted by atomic mass is 32.2. The molecule has 3 N–H and O–H groups in total. The molecule has 0 aromatic rings. The van der Waals surface area contributed by atoms with Crippen LogP contribution in [0.4, 0.5) is 0 Å². The minimum absolute atomic E-state index is 0.115. The number of aliphatic hydroxyl groups excluding tert-OH is 1. The fraction of sp³-hybridized carbons (Fsp3) is 1.00. The van der Waals surface area contributed by atoms with E-state index in [1.165, 1.54) is 6.92 Å². The van der Waals surface area contributed by atoms with Gasteiger partial charge in [0.25, 0.3) is 0 Å². The first-order valence-electron chi connectivity index (χ1n) is 3.60. The van der Waals surface area contributed by atoms with E-state index in [4.69, 9.17) is 10.8 Å². The number of nitrogens with two attached hydrogens (primary N) is 1. The van der Waals surface area contributed by atoms with Gasteiger partial charge in [-0.3, -0.25) is 0 Å². The van der Waals surface area contributed by atoms with E-state index in [9.17, 15) is 8.42 Å². The molecule has 4 nitrogen and oxygen atoms in total. The lowest BCUT2D eigenvalue weighted by Crippen LogP contribution is -2.41. The Kier molecular flexibility index (Phi) is 2.22. The molecule has 1 heterocycles. The summed E-state index contributed by atoms with van der Waals surface area (Å²) in [5, 5.41) is 8.35. The van der Waals surface area contributed by atoms with E-state index < -0.39 is 21.2 Å². The number of hydrogen-bond acceptors (Lipinski definition) is 4. The molecular formula is C6H13NO3S. The van der Waals surface area contributed by atoms with Crippen molar-refractivity contribution in [2.24, 2.45) is 5.73 Å². The minimum Gasteiger partial charge on any atom is -0.392 e. The van der Waals surface area contributed by atoms with E-state index in [-0.39, 0.29) is 11.8 Å². The van der Waals surface area contributed by atoms with E-state index in [1.807, 2.05) is 0 Å². The normalized spacial score (nSPS) is 38.8. The topological polar surface area (TPSA) is 80.4 Å². The first-order chi connectivity index (χ1) is 4.95. The maximum Gasteiger partial charge on any atom is 0.157 e. The van der Waals surface area contributed by atoms with Gasteiger partial charge in [-0.15, -0.1) is 0 Å². The second-order valence-corrected chi connectivity index (χ2v) is 5.30. The fourth-order valence-corrected chi connectivity index (χ4v) is 3.67. The van der Waals surface area contributed by atoms with Crippen LogP contribution in [-0.4, -0.2) is 36.7 Å². The second-order valence-electron chi connectivity index (χ2n) is 3.02. The quantitative estimate of drug-likeness (QED) is 0.534. The maximum absolute atomic E-state index is 11.2. The van der Waals surface area contributed by atoms with Gasteiger partial charge in [0.15, 0.2) is 9.84 Å². The monoisotopic (exact) mass is 179 g/mol. The van der Waals surface area contributed by atoms with Gasteiger partial charge in [-0.25, -0.2) is 8.42 Å². The van der Waals surface area contributed by atoms with Crippen LogP contribution in [0.3, 0.4) is 0 Å². The Bertz CT molecular complexity index is 234. The average molecular weight is 179 g/mol. The van der Waals surface area contributed by atoms with Crippen molar-refractivity contribution in [3.8, 4) is 0 Å². The molecule has 0 amide bonds. The van der Waals surface area contributed by atoms with Gasteiger partial charge >= 0.3 is 0 Å². The zero-order valence-electron chi connectivity index (χ0n) is 6.40. The van der Waals surface area contributed by atoms with Crippen LogP contribution in [0.15, 0.2) is 0 Å². The van der Waals surface area contributed by atoms with Gasteiger partial charge < -0.3 is 10.8 Å². The lowest BCUT2D eigenvalue weighted by molar-refractivity contribution is 0.181. The number of rotatable bonds is 1. The number of aliphatic hydroxyl groups is 1. The van der Waals surface area contributed by atoms with Crippen molar-refractivity contribution in [1.29, 1.82) is 0 Å². The van der Waals surface area contributed by atoms with Gasteiger partial charge in [-0.2, -0.15) is 0 Å². The smallest absolute Gasteiger partial charge is 0.157 e. The summed E-state index contributed by atoms with van der Waals surface area (Å²) >= 11 is 0. The molecule has 3 atom stereocenters. The maximum atomic E-state index is 11.2. The van der Waals surface area contributed by atoms with Gasteiger partial charge in [0.05, 0.1) is 11.9 Å². The third kappa shape index (κ3) is 1.55. The van der Waals surface area contributed by atoms with Crippen molar-refractivity contribution in [3.63, 3.8) is 0 Å². The van der Waals surface area contributed by atoms with Gasteiger partial charge in [-0.05, 0) is 13.3 Å². The molecule has 1 fully saturated rings. The fourth-order valence-electron chi connectivity index (χ4n) is 1.52. The van der Waals surface area contributed by atoms with Crippen molar-refractivity contribution in [2.75, 3.05) is 5.75 Å². The Morgan fingerprint density at radius 1 is 1.64 bits per heavy atom. The van der Waals surface area contributed by atoms with Crippen molar-refractivity contribution < 1.29 is 13.5 Å². The van der Waals surface area contributed by atoms with Crippen LogP contribution in [0.1, 0.15) is 13.3 Å². The highest BCUT2D eigenvalue weighted by Gasteiger charge is 2.40. The van der Waals surface area contributed by atoms with Crippen LogP contribution in [-0.2, 0) is 9.84 Å². The molecule has 0 aliphatic carbocycles. The largest absolute Gasteiger partial charge is 0.392 e. The molecule has 0 aromatic heterocycles. The van der Waals surface area contributed by atoms with E-state index in [0.29, 0.717) is 6.42 Å². The molecule has 66 valence electrons. The van der Waals surface area contributed by atoms with E-state index in [0.717, 1.165) is 0 Å². The van der Waals surface area contributed by atoms with Gasteiger partial charge in [-0.1, -0.05) is 0 Å².